The van der Waals surface area contributed by atoms with Crippen LogP contribution >= 0.6 is 12.2 Å². The highest BCUT2D eigenvalue weighted by Gasteiger charge is 2.15. The van der Waals surface area contributed by atoms with Crippen molar-refractivity contribution in [3.05, 3.63) is 28.5 Å². The van der Waals surface area contributed by atoms with Crippen molar-refractivity contribution in [1.82, 2.24) is 15.2 Å². The SMILES string of the molecule is O=C(NCCCN1CCCCCC1=O)c1ccc[nH]c1=S. The zero-order valence-electron chi connectivity index (χ0n) is 12.1. The van der Waals surface area contributed by atoms with E-state index in [1.54, 1.807) is 18.3 Å². The van der Waals surface area contributed by atoms with Gasteiger partial charge >= 0.3 is 0 Å². The van der Waals surface area contributed by atoms with E-state index in [0.29, 0.717) is 29.7 Å². The molecule has 0 saturated carbocycles. The number of H-pyrrole nitrogens is 1. The van der Waals surface area contributed by atoms with E-state index < -0.39 is 0 Å². The van der Waals surface area contributed by atoms with E-state index in [2.05, 4.69) is 10.3 Å². The lowest BCUT2D eigenvalue weighted by Crippen LogP contribution is -2.34. The normalized spacial score (nSPS) is 15.6. The first-order valence-electron chi connectivity index (χ1n) is 7.42. The van der Waals surface area contributed by atoms with Gasteiger partial charge in [0.1, 0.15) is 4.64 Å². The van der Waals surface area contributed by atoms with E-state index in [-0.39, 0.29) is 11.8 Å². The van der Waals surface area contributed by atoms with Gasteiger partial charge in [0.15, 0.2) is 0 Å². The molecule has 1 fully saturated rings. The highest BCUT2D eigenvalue weighted by atomic mass is 32.1. The largest absolute Gasteiger partial charge is 0.352 e. The molecule has 0 spiro atoms. The van der Waals surface area contributed by atoms with Crippen molar-refractivity contribution in [2.24, 2.45) is 0 Å². The Morgan fingerprint density at radius 3 is 3.05 bits per heavy atom. The Morgan fingerprint density at radius 2 is 2.24 bits per heavy atom. The number of hydrogen-bond acceptors (Lipinski definition) is 3. The third-order valence-corrected chi connectivity index (χ3v) is 3.96. The molecule has 1 saturated heterocycles. The van der Waals surface area contributed by atoms with Crippen molar-refractivity contribution in [1.29, 1.82) is 0 Å². The molecule has 0 aliphatic carbocycles. The van der Waals surface area contributed by atoms with Crippen molar-refractivity contribution in [2.45, 2.75) is 32.1 Å². The minimum atomic E-state index is -0.168. The fourth-order valence-corrected chi connectivity index (χ4v) is 2.67. The number of nitrogens with zero attached hydrogens (tertiary/aromatic N) is 1. The molecule has 0 aromatic carbocycles. The highest BCUT2D eigenvalue weighted by molar-refractivity contribution is 7.71. The first-order valence-corrected chi connectivity index (χ1v) is 7.83. The van der Waals surface area contributed by atoms with Crippen LogP contribution in [0.5, 0.6) is 0 Å². The van der Waals surface area contributed by atoms with Gasteiger partial charge in [-0.2, -0.15) is 0 Å². The summed E-state index contributed by atoms with van der Waals surface area (Å²) >= 11 is 5.07. The molecule has 0 bridgehead atoms. The Morgan fingerprint density at radius 1 is 1.38 bits per heavy atom. The molecular weight excluding hydrogens is 286 g/mol. The second-order valence-corrected chi connectivity index (χ2v) is 5.62. The lowest BCUT2D eigenvalue weighted by atomic mass is 10.2. The van der Waals surface area contributed by atoms with E-state index in [0.717, 1.165) is 32.2 Å². The Hall–Kier alpha value is -1.69. The Labute approximate surface area is 129 Å². The fourth-order valence-electron chi connectivity index (χ4n) is 2.44. The molecule has 1 aliphatic rings. The van der Waals surface area contributed by atoms with Gasteiger partial charge < -0.3 is 15.2 Å². The smallest absolute Gasteiger partial charge is 0.254 e. The molecule has 2 amide bonds. The zero-order chi connectivity index (χ0) is 15.1. The molecule has 1 aliphatic heterocycles. The number of aromatic nitrogens is 1. The topological polar surface area (TPSA) is 65.2 Å². The number of rotatable bonds is 5. The maximum atomic E-state index is 12.0. The maximum Gasteiger partial charge on any atom is 0.254 e. The van der Waals surface area contributed by atoms with Gasteiger partial charge in [0.2, 0.25) is 5.91 Å². The summed E-state index contributed by atoms with van der Waals surface area (Å²) < 4.78 is 0.442. The quantitative estimate of drug-likeness (QED) is 0.648. The molecule has 2 N–H and O–H groups in total. The maximum absolute atomic E-state index is 12.0. The summed E-state index contributed by atoms with van der Waals surface area (Å²) in [5.41, 5.74) is 0.485. The molecule has 0 radical (unpaired) electrons. The van der Waals surface area contributed by atoms with Crippen LogP contribution in [0.1, 0.15) is 42.5 Å². The fraction of sp³-hybridized carbons (Fsp3) is 0.533. The summed E-state index contributed by atoms with van der Waals surface area (Å²) in [4.78, 5) is 28.5. The van der Waals surface area contributed by atoms with Crippen molar-refractivity contribution in [2.75, 3.05) is 19.6 Å². The summed E-state index contributed by atoms with van der Waals surface area (Å²) in [6.07, 6.45) is 6.33. The van der Waals surface area contributed by atoms with Crippen LogP contribution in [0.2, 0.25) is 0 Å². The molecule has 2 heterocycles. The van der Waals surface area contributed by atoms with E-state index in [4.69, 9.17) is 12.2 Å². The van der Waals surface area contributed by atoms with Gasteiger partial charge in [-0.15, -0.1) is 0 Å². The minimum Gasteiger partial charge on any atom is -0.352 e. The summed E-state index contributed by atoms with van der Waals surface area (Å²) in [6, 6.07) is 3.45. The number of pyridine rings is 1. The van der Waals surface area contributed by atoms with Crippen LogP contribution in [0, 0.1) is 4.64 Å². The summed E-state index contributed by atoms with van der Waals surface area (Å²) in [5.74, 6) is 0.0726. The predicted octanol–water partition coefficient (Wildman–Crippen LogP) is 2.27. The van der Waals surface area contributed by atoms with Gasteiger partial charge in [0.25, 0.3) is 5.91 Å². The predicted molar refractivity (Wildman–Crippen MR) is 83.6 cm³/mol. The van der Waals surface area contributed by atoms with Crippen molar-refractivity contribution in [3.63, 3.8) is 0 Å². The van der Waals surface area contributed by atoms with Crippen LogP contribution in [-0.2, 0) is 4.79 Å². The summed E-state index contributed by atoms with van der Waals surface area (Å²) in [5, 5.41) is 2.85. The van der Waals surface area contributed by atoms with Crippen LogP contribution in [0.3, 0.4) is 0 Å². The van der Waals surface area contributed by atoms with Crippen LogP contribution in [0.4, 0.5) is 0 Å². The molecule has 0 unspecified atom stereocenters. The average molecular weight is 307 g/mol. The Bertz CT molecular complexity index is 556. The van der Waals surface area contributed by atoms with Crippen molar-refractivity contribution < 1.29 is 9.59 Å². The van der Waals surface area contributed by atoms with Crippen LogP contribution in [0.15, 0.2) is 18.3 Å². The van der Waals surface area contributed by atoms with E-state index in [9.17, 15) is 9.59 Å². The van der Waals surface area contributed by atoms with Gasteiger partial charge in [0.05, 0.1) is 5.56 Å². The van der Waals surface area contributed by atoms with Gasteiger partial charge in [-0.1, -0.05) is 18.6 Å². The first kappa shape index (κ1) is 15.7. The standard InChI is InChI=1S/C15H21N3O2S/c19-13-7-2-1-3-10-18(13)11-5-9-16-14(20)12-6-4-8-17-15(12)21/h4,6,8H,1-3,5,7,9-11H2,(H,16,20)(H,17,21). The van der Waals surface area contributed by atoms with Gasteiger partial charge in [0, 0.05) is 32.3 Å². The second kappa shape index (κ2) is 7.93. The monoisotopic (exact) mass is 307 g/mol. The molecule has 1 aromatic heterocycles. The Balaban J connectivity index is 1.74. The second-order valence-electron chi connectivity index (χ2n) is 5.21. The van der Waals surface area contributed by atoms with Crippen molar-refractivity contribution >= 4 is 24.0 Å². The molecular formula is C15H21N3O2S. The number of aromatic amines is 1. The number of carbonyl (C=O) groups is 2. The number of likely N-dealkylation sites (tertiary alicyclic amines) is 1. The Kier molecular flexibility index (Phi) is 5.92. The molecule has 6 heteroatoms. The van der Waals surface area contributed by atoms with Crippen LogP contribution < -0.4 is 5.32 Å². The molecule has 2 rings (SSSR count). The van der Waals surface area contributed by atoms with Gasteiger partial charge in [-0.25, -0.2) is 0 Å². The van der Waals surface area contributed by atoms with Gasteiger partial charge in [-0.05, 0) is 31.4 Å². The molecule has 21 heavy (non-hydrogen) atoms. The summed E-state index contributed by atoms with van der Waals surface area (Å²) in [6.45, 7) is 2.10. The highest BCUT2D eigenvalue weighted by Crippen LogP contribution is 2.11. The van der Waals surface area contributed by atoms with Crippen molar-refractivity contribution in [3.8, 4) is 0 Å². The lowest BCUT2D eigenvalue weighted by Gasteiger charge is -2.20. The lowest BCUT2D eigenvalue weighted by molar-refractivity contribution is -0.130. The molecule has 5 nitrogen and oxygen atoms in total. The number of hydrogen-bond donors (Lipinski definition) is 2. The van der Waals surface area contributed by atoms with Crippen LogP contribution in [-0.4, -0.2) is 41.3 Å². The third kappa shape index (κ3) is 4.67. The average Bonchev–Trinajstić information content (AvgIpc) is 2.68. The van der Waals surface area contributed by atoms with Crippen LogP contribution in [0.25, 0.3) is 0 Å². The molecule has 1 aromatic rings. The summed E-state index contributed by atoms with van der Waals surface area (Å²) in [7, 11) is 0. The van der Waals surface area contributed by atoms with E-state index in [1.165, 1.54) is 0 Å². The molecule has 0 atom stereocenters. The number of carbonyl (C=O) groups excluding carboxylic acids is 2. The third-order valence-electron chi connectivity index (χ3n) is 3.62. The van der Waals surface area contributed by atoms with Gasteiger partial charge in [-0.3, -0.25) is 9.59 Å². The minimum absolute atomic E-state index is 0.168. The number of nitrogens with one attached hydrogen (secondary N) is 2. The van der Waals surface area contributed by atoms with E-state index >= 15 is 0 Å². The van der Waals surface area contributed by atoms with E-state index in [1.807, 2.05) is 4.90 Å². The first-order chi connectivity index (χ1) is 10.2. The zero-order valence-corrected chi connectivity index (χ0v) is 12.9. The molecule has 114 valence electrons. The number of amides is 2.